The fraction of sp³-hybridized carbons (Fsp3) is 0.562. The molecule has 2 aliphatic rings. The van der Waals surface area contributed by atoms with Gasteiger partial charge in [0.1, 0.15) is 5.75 Å². The van der Waals surface area contributed by atoms with Crippen LogP contribution in [0.15, 0.2) is 24.3 Å². The SMILES string of the molecule is COc1ccc(NC(=O)C[C@H]2C[C@H]3CC[C@H]2C3)cc1. The Morgan fingerprint density at radius 1 is 1.26 bits per heavy atom. The first-order chi connectivity index (χ1) is 9.24. The molecule has 3 nitrogen and oxygen atoms in total. The Morgan fingerprint density at radius 2 is 2.05 bits per heavy atom. The van der Waals surface area contributed by atoms with Gasteiger partial charge in [0, 0.05) is 12.1 Å². The van der Waals surface area contributed by atoms with Gasteiger partial charge in [0.05, 0.1) is 7.11 Å². The monoisotopic (exact) mass is 259 g/mol. The lowest BCUT2D eigenvalue weighted by Gasteiger charge is -2.20. The van der Waals surface area contributed by atoms with Crippen LogP contribution in [0.2, 0.25) is 0 Å². The largest absolute Gasteiger partial charge is 0.497 e. The van der Waals surface area contributed by atoms with E-state index in [-0.39, 0.29) is 5.91 Å². The van der Waals surface area contributed by atoms with Crippen molar-refractivity contribution < 1.29 is 9.53 Å². The zero-order valence-electron chi connectivity index (χ0n) is 11.4. The number of methoxy groups -OCH3 is 1. The van der Waals surface area contributed by atoms with Crippen molar-refractivity contribution in [2.45, 2.75) is 32.1 Å². The highest BCUT2D eigenvalue weighted by atomic mass is 16.5. The Bertz CT molecular complexity index is 454. The Labute approximate surface area is 114 Å². The van der Waals surface area contributed by atoms with Gasteiger partial charge in [0.15, 0.2) is 0 Å². The lowest BCUT2D eigenvalue weighted by Crippen LogP contribution is -2.20. The van der Waals surface area contributed by atoms with Crippen LogP contribution in [0.1, 0.15) is 32.1 Å². The number of hydrogen-bond donors (Lipinski definition) is 1. The van der Waals surface area contributed by atoms with E-state index in [2.05, 4.69) is 5.32 Å². The molecule has 0 heterocycles. The van der Waals surface area contributed by atoms with E-state index in [0.29, 0.717) is 12.3 Å². The Kier molecular flexibility index (Phi) is 3.45. The molecule has 0 aliphatic heterocycles. The topological polar surface area (TPSA) is 38.3 Å². The maximum atomic E-state index is 12.1. The Hall–Kier alpha value is -1.51. The number of rotatable bonds is 4. The number of amides is 1. The van der Waals surface area contributed by atoms with Crippen LogP contribution < -0.4 is 10.1 Å². The Morgan fingerprint density at radius 3 is 2.63 bits per heavy atom. The minimum Gasteiger partial charge on any atom is -0.497 e. The average Bonchev–Trinajstić information content (AvgIpc) is 3.02. The molecule has 0 unspecified atom stereocenters. The van der Waals surface area contributed by atoms with E-state index in [0.717, 1.165) is 23.3 Å². The third-order valence-electron chi connectivity index (χ3n) is 4.71. The van der Waals surface area contributed by atoms with Gasteiger partial charge in [-0.05, 0) is 61.3 Å². The predicted octanol–water partition coefficient (Wildman–Crippen LogP) is 3.46. The fourth-order valence-corrected chi connectivity index (χ4v) is 3.75. The molecule has 0 aromatic heterocycles. The minimum absolute atomic E-state index is 0.155. The Balaban J connectivity index is 1.53. The first-order valence-electron chi connectivity index (χ1n) is 7.18. The normalized spacial score (nSPS) is 28.4. The van der Waals surface area contributed by atoms with Gasteiger partial charge in [-0.1, -0.05) is 6.42 Å². The maximum absolute atomic E-state index is 12.1. The molecule has 102 valence electrons. The summed E-state index contributed by atoms with van der Waals surface area (Å²) in [6.07, 6.45) is 6.04. The molecule has 19 heavy (non-hydrogen) atoms. The van der Waals surface area contributed by atoms with E-state index >= 15 is 0 Å². The molecule has 1 aromatic carbocycles. The molecule has 1 aromatic rings. The first-order valence-corrected chi connectivity index (χ1v) is 7.18. The van der Waals surface area contributed by atoms with E-state index in [1.54, 1.807) is 7.11 Å². The lowest BCUT2D eigenvalue weighted by molar-refractivity contribution is -0.117. The van der Waals surface area contributed by atoms with Gasteiger partial charge in [0.2, 0.25) is 5.91 Å². The van der Waals surface area contributed by atoms with Crippen LogP contribution in [0.5, 0.6) is 5.75 Å². The summed E-state index contributed by atoms with van der Waals surface area (Å²) in [5, 5.41) is 2.99. The highest BCUT2D eigenvalue weighted by molar-refractivity contribution is 5.90. The van der Waals surface area contributed by atoms with Gasteiger partial charge in [-0.3, -0.25) is 4.79 Å². The highest BCUT2D eigenvalue weighted by Gasteiger charge is 2.40. The number of anilines is 1. The second-order valence-corrected chi connectivity index (χ2v) is 5.92. The van der Waals surface area contributed by atoms with Crippen molar-refractivity contribution in [1.82, 2.24) is 0 Å². The van der Waals surface area contributed by atoms with Crippen molar-refractivity contribution in [3.8, 4) is 5.75 Å². The number of nitrogens with one attached hydrogen (secondary N) is 1. The van der Waals surface area contributed by atoms with Crippen LogP contribution in [-0.4, -0.2) is 13.0 Å². The molecular formula is C16H21NO2. The van der Waals surface area contributed by atoms with Crippen LogP contribution in [0.4, 0.5) is 5.69 Å². The molecule has 2 bridgehead atoms. The summed E-state index contributed by atoms with van der Waals surface area (Å²) < 4.78 is 5.10. The summed E-state index contributed by atoms with van der Waals surface area (Å²) in [4.78, 5) is 12.1. The quantitative estimate of drug-likeness (QED) is 0.899. The summed E-state index contributed by atoms with van der Waals surface area (Å²) in [5.41, 5.74) is 0.856. The van der Waals surface area contributed by atoms with Crippen molar-refractivity contribution in [3.63, 3.8) is 0 Å². The summed E-state index contributed by atoms with van der Waals surface area (Å²) in [7, 11) is 1.64. The van der Waals surface area contributed by atoms with E-state index in [4.69, 9.17) is 4.74 Å². The number of benzene rings is 1. The molecule has 0 spiro atoms. The van der Waals surface area contributed by atoms with Crippen molar-refractivity contribution in [1.29, 1.82) is 0 Å². The maximum Gasteiger partial charge on any atom is 0.224 e. The second kappa shape index (κ2) is 5.24. The van der Waals surface area contributed by atoms with Crippen molar-refractivity contribution in [3.05, 3.63) is 24.3 Å². The molecule has 1 N–H and O–H groups in total. The van der Waals surface area contributed by atoms with Gasteiger partial charge in [-0.25, -0.2) is 0 Å². The smallest absolute Gasteiger partial charge is 0.224 e. The molecule has 0 radical (unpaired) electrons. The van der Waals surface area contributed by atoms with Gasteiger partial charge >= 0.3 is 0 Å². The molecule has 2 aliphatic carbocycles. The molecule has 2 fully saturated rings. The van der Waals surface area contributed by atoms with Crippen molar-refractivity contribution in [2.24, 2.45) is 17.8 Å². The molecule has 3 heteroatoms. The van der Waals surface area contributed by atoms with Gasteiger partial charge in [0.25, 0.3) is 0 Å². The highest BCUT2D eigenvalue weighted by Crippen LogP contribution is 2.49. The van der Waals surface area contributed by atoms with Gasteiger partial charge in [-0.15, -0.1) is 0 Å². The predicted molar refractivity (Wildman–Crippen MR) is 75.2 cm³/mol. The summed E-state index contributed by atoms with van der Waals surface area (Å²) in [5.74, 6) is 3.31. The summed E-state index contributed by atoms with van der Waals surface area (Å²) in [6.45, 7) is 0. The zero-order chi connectivity index (χ0) is 13.2. The van der Waals surface area contributed by atoms with E-state index in [9.17, 15) is 4.79 Å². The second-order valence-electron chi connectivity index (χ2n) is 5.92. The number of hydrogen-bond acceptors (Lipinski definition) is 2. The average molecular weight is 259 g/mol. The van der Waals surface area contributed by atoms with Crippen molar-refractivity contribution in [2.75, 3.05) is 12.4 Å². The molecule has 2 saturated carbocycles. The molecular weight excluding hydrogens is 238 g/mol. The number of fused-ring (bicyclic) bond motifs is 2. The van der Waals surface area contributed by atoms with E-state index in [1.807, 2.05) is 24.3 Å². The molecule has 3 atom stereocenters. The minimum atomic E-state index is 0.155. The molecule has 0 saturated heterocycles. The zero-order valence-corrected chi connectivity index (χ0v) is 11.4. The van der Waals surface area contributed by atoms with Crippen LogP contribution in [0.25, 0.3) is 0 Å². The van der Waals surface area contributed by atoms with Crippen LogP contribution >= 0.6 is 0 Å². The standard InChI is InChI=1S/C16H21NO2/c1-19-15-6-4-14(5-7-15)17-16(18)10-13-9-11-2-3-12(13)8-11/h4-7,11-13H,2-3,8-10H2,1H3,(H,17,18)/t11-,12-,13+/m0/s1. The van der Waals surface area contributed by atoms with E-state index in [1.165, 1.54) is 25.7 Å². The number of ether oxygens (including phenoxy) is 1. The van der Waals surface area contributed by atoms with Crippen molar-refractivity contribution >= 4 is 11.6 Å². The summed E-state index contributed by atoms with van der Waals surface area (Å²) >= 11 is 0. The molecule has 1 amide bonds. The van der Waals surface area contributed by atoms with E-state index < -0.39 is 0 Å². The van der Waals surface area contributed by atoms with Gasteiger partial charge in [-0.2, -0.15) is 0 Å². The summed E-state index contributed by atoms with van der Waals surface area (Å²) in [6, 6.07) is 7.51. The third kappa shape index (κ3) is 2.75. The number of carbonyl (C=O) groups is 1. The van der Waals surface area contributed by atoms with Crippen LogP contribution in [0, 0.1) is 17.8 Å². The number of carbonyl (C=O) groups excluding carboxylic acids is 1. The molecule has 3 rings (SSSR count). The van der Waals surface area contributed by atoms with Crippen LogP contribution in [-0.2, 0) is 4.79 Å². The van der Waals surface area contributed by atoms with Crippen LogP contribution in [0.3, 0.4) is 0 Å². The lowest BCUT2D eigenvalue weighted by atomic mass is 9.86. The fourth-order valence-electron chi connectivity index (χ4n) is 3.75. The van der Waals surface area contributed by atoms with Gasteiger partial charge < -0.3 is 10.1 Å². The first kappa shape index (κ1) is 12.5. The third-order valence-corrected chi connectivity index (χ3v) is 4.71.